The van der Waals surface area contributed by atoms with E-state index in [2.05, 4.69) is 10.2 Å². The normalized spacial score (nSPS) is 10.5. The largest absolute Gasteiger partial charge is 0.307 e. The second-order valence-electron chi connectivity index (χ2n) is 3.08. The molecule has 4 nitrogen and oxygen atoms in total. The number of hydrogen-bond donors (Lipinski definition) is 0. The Morgan fingerprint density at radius 3 is 2.80 bits per heavy atom. The van der Waals surface area contributed by atoms with Crippen LogP contribution in [0.4, 0.5) is 0 Å². The molecule has 2 aromatic heterocycles. The molecule has 15 heavy (non-hydrogen) atoms. The number of aromatic nitrogens is 3. The van der Waals surface area contributed by atoms with Crippen LogP contribution in [0.5, 0.6) is 0 Å². The highest BCUT2D eigenvalue weighted by Crippen LogP contribution is 2.06. The van der Waals surface area contributed by atoms with E-state index in [4.69, 9.17) is 11.6 Å². The van der Waals surface area contributed by atoms with Gasteiger partial charge in [0.15, 0.2) is 5.15 Å². The molecule has 0 aliphatic rings. The van der Waals surface area contributed by atoms with Crippen LogP contribution >= 0.6 is 22.9 Å². The van der Waals surface area contributed by atoms with Crippen molar-refractivity contribution in [3.05, 3.63) is 43.7 Å². The lowest BCUT2D eigenvalue weighted by Crippen LogP contribution is -2.16. The van der Waals surface area contributed by atoms with Crippen LogP contribution in [-0.4, -0.2) is 14.8 Å². The second-order valence-corrected chi connectivity index (χ2v) is 4.28. The zero-order chi connectivity index (χ0) is 10.8. The fourth-order valence-electron chi connectivity index (χ4n) is 1.19. The summed E-state index contributed by atoms with van der Waals surface area (Å²) in [4.78, 5) is 11.4. The smallest absolute Gasteiger partial charge is 0.297 e. The molecule has 2 aromatic rings. The van der Waals surface area contributed by atoms with Gasteiger partial charge < -0.3 is 0 Å². The van der Waals surface area contributed by atoms with Gasteiger partial charge in [0.25, 0.3) is 0 Å². The molecule has 2 rings (SSSR count). The molecule has 0 atom stereocenters. The molecule has 0 saturated carbocycles. The maximum atomic E-state index is 11.4. The summed E-state index contributed by atoms with van der Waals surface area (Å²) in [6, 6.07) is 3.43. The SMILES string of the molecule is Cc1csc(=O)n1Cc1ccc(Cl)nn1. The van der Waals surface area contributed by atoms with E-state index >= 15 is 0 Å². The van der Waals surface area contributed by atoms with Crippen LogP contribution < -0.4 is 4.87 Å². The molecule has 6 heteroatoms. The average Bonchev–Trinajstić information content (AvgIpc) is 2.53. The summed E-state index contributed by atoms with van der Waals surface area (Å²) >= 11 is 6.80. The first-order valence-corrected chi connectivity index (χ1v) is 5.55. The third-order valence-corrected chi connectivity index (χ3v) is 3.07. The highest BCUT2D eigenvalue weighted by molar-refractivity contribution is 7.07. The molecule has 0 fully saturated rings. The Balaban J connectivity index is 2.29. The summed E-state index contributed by atoms with van der Waals surface area (Å²) in [6.45, 7) is 2.33. The second kappa shape index (κ2) is 4.12. The summed E-state index contributed by atoms with van der Waals surface area (Å²) in [5, 5.41) is 9.80. The molecular formula is C9H8ClN3OS. The van der Waals surface area contributed by atoms with Gasteiger partial charge in [-0.05, 0) is 19.1 Å². The predicted molar refractivity (Wildman–Crippen MR) is 59.5 cm³/mol. The number of nitrogens with zero attached hydrogens (tertiary/aromatic N) is 3. The third kappa shape index (κ3) is 2.24. The van der Waals surface area contributed by atoms with E-state index in [9.17, 15) is 4.79 Å². The number of thiazole rings is 1. The van der Waals surface area contributed by atoms with Crippen LogP contribution in [0.2, 0.25) is 5.15 Å². The molecule has 0 amide bonds. The summed E-state index contributed by atoms with van der Waals surface area (Å²) in [6.07, 6.45) is 0. The summed E-state index contributed by atoms with van der Waals surface area (Å²) in [7, 11) is 0. The van der Waals surface area contributed by atoms with Crippen molar-refractivity contribution in [1.29, 1.82) is 0 Å². The van der Waals surface area contributed by atoms with E-state index in [0.717, 1.165) is 11.4 Å². The zero-order valence-electron chi connectivity index (χ0n) is 7.98. The predicted octanol–water partition coefficient (Wildman–Crippen LogP) is 1.71. The summed E-state index contributed by atoms with van der Waals surface area (Å²) < 4.78 is 1.66. The van der Waals surface area contributed by atoms with Crippen molar-refractivity contribution < 1.29 is 0 Å². The minimum Gasteiger partial charge on any atom is -0.297 e. The fraction of sp³-hybridized carbons (Fsp3) is 0.222. The van der Waals surface area contributed by atoms with Gasteiger partial charge in [-0.25, -0.2) is 0 Å². The van der Waals surface area contributed by atoms with Gasteiger partial charge in [0.05, 0.1) is 12.2 Å². The first kappa shape index (κ1) is 10.3. The molecule has 0 aliphatic carbocycles. The Morgan fingerprint density at radius 1 is 1.47 bits per heavy atom. The molecule has 0 bridgehead atoms. The monoisotopic (exact) mass is 241 g/mol. The minimum atomic E-state index is 0.0178. The number of rotatable bonds is 2. The quantitative estimate of drug-likeness (QED) is 0.804. The Morgan fingerprint density at radius 2 is 2.27 bits per heavy atom. The van der Waals surface area contributed by atoms with E-state index in [1.807, 2.05) is 12.3 Å². The highest BCUT2D eigenvalue weighted by Gasteiger charge is 2.04. The van der Waals surface area contributed by atoms with Crippen molar-refractivity contribution in [2.75, 3.05) is 0 Å². The maximum Gasteiger partial charge on any atom is 0.307 e. The van der Waals surface area contributed by atoms with Crippen molar-refractivity contribution in [2.24, 2.45) is 0 Å². The van der Waals surface area contributed by atoms with E-state index in [1.165, 1.54) is 11.3 Å². The lowest BCUT2D eigenvalue weighted by atomic mass is 10.4. The van der Waals surface area contributed by atoms with Crippen molar-refractivity contribution in [3.8, 4) is 0 Å². The van der Waals surface area contributed by atoms with E-state index < -0.39 is 0 Å². The topological polar surface area (TPSA) is 47.8 Å². The standard InChI is InChI=1S/C9H8ClN3OS/c1-6-5-15-9(14)13(6)4-7-2-3-8(10)12-11-7/h2-3,5H,4H2,1H3. The van der Waals surface area contributed by atoms with Crippen molar-refractivity contribution in [3.63, 3.8) is 0 Å². The van der Waals surface area contributed by atoms with Gasteiger partial charge in [0.2, 0.25) is 0 Å². The molecular weight excluding hydrogens is 234 g/mol. The van der Waals surface area contributed by atoms with Crippen LogP contribution in [0.25, 0.3) is 0 Å². The Kier molecular flexibility index (Phi) is 2.83. The lowest BCUT2D eigenvalue weighted by Gasteiger charge is -2.02. The van der Waals surface area contributed by atoms with Crippen LogP contribution in [-0.2, 0) is 6.54 Å². The Labute approximate surface area is 95.2 Å². The zero-order valence-corrected chi connectivity index (χ0v) is 9.55. The molecule has 0 aromatic carbocycles. The Hall–Kier alpha value is -1.20. The summed E-state index contributed by atoms with van der Waals surface area (Å²) in [5.41, 5.74) is 1.66. The number of halogens is 1. The number of hydrogen-bond acceptors (Lipinski definition) is 4. The van der Waals surface area contributed by atoms with Crippen LogP contribution in [0.3, 0.4) is 0 Å². The summed E-state index contributed by atoms with van der Waals surface area (Å²) in [5.74, 6) is 0. The number of aryl methyl sites for hydroxylation is 1. The van der Waals surface area contributed by atoms with E-state index in [1.54, 1.807) is 16.7 Å². The highest BCUT2D eigenvalue weighted by atomic mass is 35.5. The van der Waals surface area contributed by atoms with Crippen LogP contribution in [0.15, 0.2) is 22.3 Å². The van der Waals surface area contributed by atoms with Crippen molar-refractivity contribution in [1.82, 2.24) is 14.8 Å². The Bertz CT molecular complexity index is 517. The van der Waals surface area contributed by atoms with E-state index in [-0.39, 0.29) is 4.87 Å². The maximum absolute atomic E-state index is 11.4. The fourth-order valence-corrected chi connectivity index (χ4v) is 2.02. The van der Waals surface area contributed by atoms with Gasteiger partial charge in [-0.1, -0.05) is 22.9 Å². The van der Waals surface area contributed by atoms with Crippen molar-refractivity contribution >= 4 is 22.9 Å². The molecule has 0 aliphatic heterocycles. The molecule has 0 unspecified atom stereocenters. The van der Waals surface area contributed by atoms with Crippen LogP contribution in [0.1, 0.15) is 11.4 Å². The van der Waals surface area contributed by atoms with Crippen molar-refractivity contribution in [2.45, 2.75) is 13.5 Å². The first-order chi connectivity index (χ1) is 7.16. The minimum absolute atomic E-state index is 0.0178. The molecule has 0 saturated heterocycles. The van der Waals surface area contributed by atoms with Gasteiger partial charge in [-0.2, -0.15) is 5.10 Å². The molecule has 2 heterocycles. The lowest BCUT2D eigenvalue weighted by molar-refractivity contribution is 0.720. The van der Waals surface area contributed by atoms with E-state index in [0.29, 0.717) is 11.7 Å². The molecule has 0 N–H and O–H groups in total. The first-order valence-electron chi connectivity index (χ1n) is 4.30. The van der Waals surface area contributed by atoms with Gasteiger partial charge in [-0.15, -0.1) is 5.10 Å². The van der Waals surface area contributed by atoms with Gasteiger partial charge in [0.1, 0.15) is 0 Å². The molecule has 0 spiro atoms. The molecule has 78 valence electrons. The van der Waals surface area contributed by atoms with Crippen LogP contribution in [0, 0.1) is 6.92 Å². The molecule has 0 radical (unpaired) electrons. The van der Waals surface area contributed by atoms with Gasteiger partial charge in [0, 0.05) is 11.1 Å². The van der Waals surface area contributed by atoms with Gasteiger partial charge in [-0.3, -0.25) is 9.36 Å². The average molecular weight is 242 g/mol. The third-order valence-electron chi connectivity index (χ3n) is 1.98. The van der Waals surface area contributed by atoms with Gasteiger partial charge >= 0.3 is 4.87 Å².